The smallest absolute Gasteiger partial charge is 0.248 e. The number of hydrogen-bond acceptors (Lipinski definition) is 3. The number of carbonyl (C=O) groups is 1. The number of primary amides is 1. The van der Waals surface area contributed by atoms with Crippen molar-refractivity contribution in [1.82, 2.24) is 5.43 Å². The fraction of sp³-hybridized carbons (Fsp3) is 0.125. The Morgan fingerprint density at radius 1 is 1.50 bits per heavy atom. The second-order valence-corrected chi connectivity index (χ2v) is 2.45. The standard InChI is InChI=1S/C8H11N3O/c9-8(12)7-3-1-2-6(4-7)5-11-10/h1-4,11H,5,10H2,(H2,9,12). The molecule has 0 aliphatic rings. The van der Waals surface area contributed by atoms with Gasteiger partial charge >= 0.3 is 0 Å². The number of benzene rings is 1. The predicted molar refractivity (Wildman–Crippen MR) is 46.0 cm³/mol. The van der Waals surface area contributed by atoms with Crippen LogP contribution in [0, 0.1) is 0 Å². The fourth-order valence-corrected chi connectivity index (χ4v) is 0.952. The second kappa shape index (κ2) is 3.85. The lowest BCUT2D eigenvalue weighted by Gasteiger charge is -2.00. The molecule has 1 aromatic rings. The van der Waals surface area contributed by atoms with Gasteiger partial charge in [-0.1, -0.05) is 12.1 Å². The van der Waals surface area contributed by atoms with Crippen molar-refractivity contribution in [2.24, 2.45) is 11.6 Å². The summed E-state index contributed by atoms with van der Waals surface area (Å²) < 4.78 is 0. The van der Waals surface area contributed by atoms with Crippen LogP contribution < -0.4 is 17.0 Å². The maximum Gasteiger partial charge on any atom is 0.248 e. The topological polar surface area (TPSA) is 81.1 Å². The van der Waals surface area contributed by atoms with E-state index in [2.05, 4.69) is 5.43 Å². The van der Waals surface area contributed by atoms with E-state index in [1.54, 1.807) is 18.2 Å². The molecule has 1 rings (SSSR count). The highest BCUT2D eigenvalue weighted by molar-refractivity contribution is 5.92. The molecular weight excluding hydrogens is 154 g/mol. The molecule has 0 spiro atoms. The van der Waals surface area contributed by atoms with Crippen molar-refractivity contribution in [1.29, 1.82) is 0 Å². The lowest BCUT2D eigenvalue weighted by Crippen LogP contribution is -2.21. The lowest BCUT2D eigenvalue weighted by molar-refractivity contribution is 0.1000. The van der Waals surface area contributed by atoms with Gasteiger partial charge in [-0.2, -0.15) is 0 Å². The molecule has 0 aliphatic carbocycles. The van der Waals surface area contributed by atoms with E-state index in [0.717, 1.165) is 5.56 Å². The first kappa shape index (κ1) is 8.70. The maximum atomic E-state index is 10.7. The van der Waals surface area contributed by atoms with E-state index in [1.807, 2.05) is 6.07 Å². The van der Waals surface area contributed by atoms with E-state index < -0.39 is 5.91 Å². The van der Waals surface area contributed by atoms with Gasteiger partial charge in [-0.25, -0.2) is 0 Å². The zero-order chi connectivity index (χ0) is 8.97. The van der Waals surface area contributed by atoms with Crippen LogP contribution in [0.2, 0.25) is 0 Å². The maximum absolute atomic E-state index is 10.7. The third-order valence-corrected chi connectivity index (χ3v) is 1.52. The molecule has 0 fully saturated rings. The Bertz CT molecular complexity index is 285. The SMILES string of the molecule is NNCc1cccc(C(N)=O)c1. The van der Waals surface area contributed by atoms with Crippen molar-refractivity contribution in [3.8, 4) is 0 Å². The average Bonchev–Trinajstić information content (AvgIpc) is 2.05. The van der Waals surface area contributed by atoms with Crippen molar-refractivity contribution in [3.63, 3.8) is 0 Å². The van der Waals surface area contributed by atoms with Crippen LogP contribution in [0.25, 0.3) is 0 Å². The molecule has 0 aliphatic heterocycles. The summed E-state index contributed by atoms with van der Waals surface area (Å²) in [5.41, 5.74) is 9.03. The minimum absolute atomic E-state index is 0.422. The minimum atomic E-state index is -0.422. The van der Waals surface area contributed by atoms with E-state index in [4.69, 9.17) is 11.6 Å². The molecule has 5 N–H and O–H groups in total. The molecule has 0 bridgehead atoms. The number of amides is 1. The Morgan fingerprint density at radius 2 is 2.25 bits per heavy atom. The first-order valence-electron chi connectivity index (χ1n) is 3.56. The van der Waals surface area contributed by atoms with E-state index >= 15 is 0 Å². The molecule has 0 atom stereocenters. The van der Waals surface area contributed by atoms with Gasteiger partial charge in [0.15, 0.2) is 0 Å². The normalized spacial score (nSPS) is 9.75. The molecule has 0 saturated carbocycles. The van der Waals surface area contributed by atoms with Gasteiger partial charge in [0.05, 0.1) is 0 Å². The van der Waals surface area contributed by atoms with Crippen molar-refractivity contribution < 1.29 is 4.79 Å². The number of carbonyl (C=O) groups excluding carboxylic acids is 1. The van der Waals surface area contributed by atoms with Crippen molar-refractivity contribution in [3.05, 3.63) is 35.4 Å². The van der Waals surface area contributed by atoms with Crippen molar-refractivity contribution >= 4 is 5.91 Å². The van der Waals surface area contributed by atoms with Crippen LogP contribution in [0.4, 0.5) is 0 Å². The molecule has 64 valence electrons. The Balaban J connectivity index is 2.88. The number of hydrazine groups is 1. The molecule has 1 aromatic carbocycles. The van der Waals surface area contributed by atoms with Crippen LogP contribution in [0.3, 0.4) is 0 Å². The van der Waals surface area contributed by atoms with Gasteiger partial charge in [0, 0.05) is 12.1 Å². The highest BCUT2D eigenvalue weighted by atomic mass is 16.1. The van der Waals surface area contributed by atoms with Gasteiger partial charge < -0.3 is 5.73 Å². The molecule has 12 heavy (non-hydrogen) atoms. The summed E-state index contributed by atoms with van der Waals surface area (Å²) in [6.45, 7) is 0.529. The van der Waals surface area contributed by atoms with Crippen LogP contribution in [0.15, 0.2) is 24.3 Å². The van der Waals surface area contributed by atoms with Crippen molar-refractivity contribution in [2.75, 3.05) is 0 Å². The van der Waals surface area contributed by atoms with E-state index in [9.17, 15) is 4.79 Å². The molecule has 1 amide bonds. The first-order chi connectivity index (χ1) is 5.74. The largest absolute Gasteiger partial charge is 0.366 e. The van der Waals surface area contributed by atoms with Crippen LogP contribution in [-0.2, 0) is 6.54 Å². The first-order valence-corrected chi connectivity index (χ1v) is 3.56. The number of nitrogens with two attached hydrogens (primary N) is 2. The Morgan fingerprint density at radius 3 is 2.83 bits per heavy atom. The summed E-state index contributed by atoms with van der Waals surface area (Å²) >= 11 is 0. The van der Waals surface area contributed by atoms with E-state index in [0.29, 0.717) is 12.1 Å². The Hall–Kier alpha value is -1.39. The van der Waals surface area contributed by atoms with Gasteiger partial charge in [-0.05, 0) is 17.7 Å². The van der Waals surface area contributed by atoms with Gasteiger partial charge in [-0.3, -0.25) is 16.1 Å². The molecule has 0 radical (unpaired) electrons. The molecule has 0 unspecified atom stereocenters. The van der Waals surface area contributed by atoms with Crippen molar-refractivity contribution in [2.45, 2.75) is 6.54 Å². The Kier molecular flexibility index (Phi) is 2.79. The highest BCUT2D eigenvalue weighted by Gasteiger charge is 1.99. The van der Waals surface area contributed by atoms with Crippen LogP contribution in [0.5, 0.6) is 0 Å². The monoisotopic (exact) mass is 165 g/mol. The van der Waals surface area contributed by atoms with E-state index in [-0.39, 0.29) is 0 Å². The summed E-state index contributed by atoms with van der Waals surface area (Å²) in [5, 5.41) is 0. The summed E-state index contributed by atoms with van der Waals surface area (Å²) in [7, 11) is 0. The highest BCUT2D eigenvalue weighted by Crippen LogP contribution is 2.03. The van der Waals surface area contributed by atoms with Crippen LogP contribution in [-0.4, -0.2) is 5.91 Å². The lowest BCUT2D eigenvalue weighted by atomic mass is 10.1. The third-order valence-electron chi connectivity index (χ3n) is 1.52. The van der Waals surface area contributed by atoms with Crippen LogP contribution in [0.1, 0.15) is 15.9 Å². The number of hydrogen-bond donors (Lipinski definition) is 3. The third kappa shape index (κ3) is 2.05. The second-order valence-electron chi connectivity index (χ2n) is 2.45. The quantitative estimate of drug-likeness (QED) is 0.426. The fourth-order valence-electron chi connectivity index (χ4n) is 0.952. The van der Waals surface area contributed by atoms with Gasteiger partial charge in [0.1, 0.15) is 0 Å². The molecular formula is C8H11N3O. The minimum Gasteiger partial charge on any atom is -0.366 e. The van der Waals surface area contributed by atoms with E-state index in [1.165, 1.54) is 0 Å². The molecule has 0 heterocycles. The summed E-state index contributed by atoms with van der Waals surface area (Å²) in [4.78, 5) is 10.7. The van der Waals surface area contributed by atoms with Gasteiger partial charge in [0.2, 0.25) is 5.91 Å². The number of rotatable bonds is 3. The van der Waals surface area contributed by atoms with Gasteiger partial charge in [0.25, 0.3) is 0 Å². The molecule has 4 heteroatoms. The molecule has 4 nitrogen and oxygen atoms in total. The van der Waals surface area contributed by atoms with Gasteiger partial charge in [-0.15, -0.1) is 0 Å². The Labute approximate surface area is 70.5 Å². The zero-order valence-corrected chi connectivity index (χ0v) is 6.58. The van der Waals surface area contributed by atoms with Crippen LogP contribution >= 0.6 is 0 Å². The summed E-state index contributed by atoms with van der Waals surface area (Å²) in [5.74, 6) is 4.70. The molecule has 0 aromatic heterocycles. The average molecular weight is 165 g/mol. The zero-order valence-electron chi connectivity index (χ0n) is 6.58. The summed E-state index contributed by atoms with van der Waals surface area (Å²) in [6, 6.07) is 7.02. The summed E-state index contributed by atoms with van der Waals surface area (Å²) in [6.07, 6.45) is 0. The molecule has 0 saturated heterocycles. The predicted octanol–water partition coefficient (Wildman–Crippen LogP) is -0.251. The number of nitrogens with one attached hydrogen (secondary N) is 1.